The second kappa shape index (κ2) is 10.7. The van der Waals surface area contributed by atoms with E-state index in [2.05, 4.69) is 38.7 Å². The molecule has 2 aromatic heterocycles. The van der Waals surface area contributed by atoms with E-state index in [0.717, 1.165) is 19.4 Å². The van der Waals surface area contributed by atoms with Crippen LogP contribution in [0, 0.1) is 5.82 Å². The number of pyridine rings is 1. The predicted octanol–water partition coefficient (Wildman–Crippen LogP) is 3.92. The Morgan fingerprint density at radius 1 is 1.29 bits per heavy atom. The van der Waals surface area contributed by atoms with Gasteiger partial charge in [0.1, 0.15) is 17.4 Å². The molecule has 1 aromatic carbocycles. The highest BCUT2D eigenvalue weighted by molar-refractivity contribution is 6.34. The lowest BCUT2D eigenvalue weighted by molar-refractivity contribution is -0.126. The number of fused-ring (bicyclic) bond motifs is 1. The Balaban J connectivity index is 1.58. The lowest BCUT2D eigenvalue weighted by atomic mass is 10.1. The van der Waals surface area contributed by atoms with Crippen molar-refractivity contribution in [1.29, 1.82) is 0 Å². The van der Waals surface area contributed by atoms with E-state index in [1.54, 1.807) is 11.0 Å². The maximum atomic E-state index is 14.7. The van der Waals surface area contributed by atoms with Gasteiger partial charge in [0.25, 0.3) is 0 Å². The van der Waals surface area contributed by atoms with Crippen molar-refractivity contribution in [2.75, 3.05) is 50.0 Å². The van der Waals surface area contributed by atoms with Gasteiger partial charge in [-0.15, -0.1) is 0 Å². The summed E-state index contributed by atoms with van der Waals surface area (Å²) in [5.41, 5.74) is 0.359. The number of carbonyl (C=O) groups is 1. The highest BCUT2D eigenvalue weighted by atomic mass is 35.5. The second-order valence-electron chi connectivity index (χ2n) is 9.88. The minimum Gasteiger partial charge on any atom is -0.507 e. The SMILES string of the molecule is C=CC(=O)N1CCN(c2nc(NC[C@@H]3CCCN3C)nc3nc(-c4c(O)cccc4F)c(Cl)cc23)[C@@H](C)C1. The lowest BCUT2D eigenvalue weighted by Crippen LogP contribution is -2.53. The van der Waals surface area contributed by atoms with Gasteiger partial charge in [-0.2, -0.15) is 9.97 Å². The monoisotopic (exact) mass is 539 g/mol. The molecule has 0 spiro atoms. The first-order valence-electron chi connectivity index (χ1n) is 12.7. The van der Waals surface area contributed by atoms with Gasteiger partial charge in [0.05, 0.1) is 21.7 Å². The van der Waals surface area contributed by atoms with Crippen molar-refractivity contribution < 1.29 is 14.3 Å². The molecule has 11 heteroatoms. The number of likely N-dealkylation sites (N-methyl/N-ethyl adjacent to an activating group) is 1. The number of nitrogens with one attached hydrogen (secondary N) is 1. The zero-order valence-electron chi connectivity index (χ0n) is 21.5. The Hall–Kier alpha value is -3.50. The first kappa shape index (κ1) is 26.1. The molecule has 200 valence electrons. The molecule has 3 aromatic rings. The van der Waals surface area contributed by atoms with Crippen LogP contribution in [0.3, 0.4) is 0 Å². The number of hydrogen-bond acceptors (Lipinski definition) is 8. The fourth-order valence-electron chi connectivity index (χ4n) is 5.28. The van der Waals surface area contributed by atoms with Crippen LogP contribution >= 0.6 is 11.6 Å². The number of rotatable bonds is 6. The van der Waals surface area contributed by atoms with E-state index in [9.17, 15) is 14.3 Å². The lowest BCUT2D eigenvalue weighted by Gasteiger charge is -2.40. The van der Waals surface area contributed by atoms with Gasteiger partial charge in [-0.25, -0.2) is 9.37 Å². The molecule has 0 saturated carbocycles. The third kappa shape index (κ3) is 4.98. The summed E-state index contributed by atoms with van der Waals surface area (Å²) in [6.07, 6.45) is 3.56. The summed E-state index contributed by atoms with van der Waals surface area (Å²) in [7, 11) is 2.11. The maximum Gasteiger partial charge on any atom is 0.246 e. The highest BCUT2D eigenvalue weighted by Crippen LogP contribution is 2.38. The van der Waals surface area contributed by atoms with Crippen LogP contribution in [-0.4, -0.2) is 87.6 Å². The summed E-state index contributed by atoms with van der Waals surface area (Å²) in [6.45, 7) is 8.92. The molecule has 2 saturated heterocycles. The molecule has 38 heavy (non-hydrogen) atoms. The fourth-order valence-corrected chi connectivity index (χ4v) is 5.53. The van der Waals surface area contributed by atoms with Crippen LogP contribution in [0.15, 0.2) is 36.9 Å². The van der Waals surface area contributed by atoms with E-state index in [1.165, 1.54) is 24.3 Å². The van der Waals surface area contributed by atoms with Gasteiger partial charge in [0, 0.05) is 38.3 Å². The average molecular weight is 540 g/mol. The van der Waals surface area contributed by atoms with Gasteiger partial charge in [0.15, 0.2) is 5.65 Å². The Labute approximate surface area is 225 Å². The first-order valence-corrected chi connectivity index (χ1v) is 13.1. The number of amides is 1. The van der Waals surface area contributed by atoms with Crippen LogP contribution in [0.1, 0.15) is 19.8 Å². The topological polar surface area (TPSA) is 97.7 Å². The van der Waals surface area contributed by atoms with Crippen molar-refractivity contribution in [2.24, 2.45) is 0 Å². The third-order valence-electron chi connectivity index (χ3n) is 7.40. The number of aromatic hydroxyl groups is 1. The molecular formula is C27H31ClFN7O2. The number of phenolic OH excluding ortho intramolecular Hbond substituents is 1. The molecule has 5 rings (SSSR count). The quantitative estimate of drug-likeness (QED) is 0.455. The molecule has 4 heterocycles. The zero-order chi connectivity index (χ0) is 27.0. The van der Waals surface area contributed by atoms with E-state index in [-0.39, 0.29) is 34.0 Å². The van der Waals surface area contributed by atoms with Crippen LogP contribution in [0.4, 0.5) is 16.2 Å². The van der Waals surface area contributed by atoms with Gasteiger partial charge in [-0.3, -0.25) is 4.79 Å². The summed E-state index contributed by atoms with van der Waals surface area (Å²) in [6, 6.07) is 6.05. The first-order chi connectivity index (χ1) is 18.3. The minimum absolute atomic E-state index is 0.0476. The summed E-state index contributed by atoms with van der Waals surface area (Å²) >= 11 is 6.62. The molecule has 0 aliphatic carbocycles. The fraction of sp³-hybridized carbons (Fsp3) is 0.407. The minimum atomic E-state index is -0.632. The van der Waals surface area contributed by atoms with Crippen molar-refractivity contribution in [3.05, 3.63) is 47.8 Å². The highest BCUT2D eigenvalue weighted by Gasteiger charge is 2.30. The molecule has 0 unspecified atom stereocenters. The van der Waals surface area contributed by atoms with E-state index in [0.29, 0.717) is 55.0 Å². The summed E-state index contributed by atoms with van der Waals surface area (Å²) in [5, 5.41) is 14.5. The molecule has 2 N–H and O–H groups in total. The molecule has 0 bridgehead atoms. The van der Waals surface area contributed by atoms with Gasteiger partial charge in [0.2, 0.25) is 11.9 Å². The smallest absolute Gasteiger partial charge is 0.246 e. The van der Waals surface area contributed by atoms with Crippen LogP contribution in [0.2, 0.25) is 5.02 Å². The Kier molecular flexibility index (Phi) is 7.36. The standard InChI is InChI=1S/C27H31ClFN7O2/c1-4-22(38)35-11-12-36(16(2)15-35)26-18-13-19(28)24(23-20(29)8-5-9-21(23)37)31-25(18)32-27(33-26)30-14-17-7-6-10-34(17)3/h4-5,8-9,13,16-17,37H,1,6-7,10-12,14-15H2,2-3H3,(H,30,31,32,33)/t16-,17-/m0/s1. The van der Waals surface area contributed by atoms with Crippen molar-refractivity contribution >= 4 is 40.3 Å². The number of halogens is 2. The Bertz CT molecular complexity index is 1370. The number of hydrogen-bond donors (Lipinski definition) is 2. The number of carbonyl (C=O) groups excluding carboxylic acids is 1. The Morgan fingerprint density at radius 2 is 2.11 bits per heavy atom. The van der Waals surface area contributed by atoms with Crippen molar-refractivity contribution in [2.45, 2.75) is 31.8 Å². The molecule has 9 nitrogen and oxygen atoms in total. The molecule has 2 fully saturated rings. The Morgan fingerprint density at radius 3 is 2.79 bits per heavy atom. The second-order valence-corrected chi connectivity index (χ2v) is 10.3. The number of likely N-dealkylation sites (tertiary alicyclic amines) is 1. The van der Waals surface area contributed by atoms with Gasteiger partial charge >= 0.3 is 0 Å². The molecular weight excluding hydrogens is 509 g/mol. The summed E-state index contributed by atoms with van der Waals surface area (Å²) < 4.78 is 14.7. The largest absolute Gasteiger partial charge is 0.507 e. The predicted molar refractivity (Wildman–Crippen MR) is 147 cm³/mol. The number of anilines is 2. The average Bonchev–Trinajstić information content (AvgIpc) is 3.31. The number of aromatic nitrogens is 3. The van der Waals surface area contributed by atoms with E-state index < -0.39 is 5.82 Å². The molecule has 2 aliphatic heterocycles. The summed E-state index contributed by atoms with van der Waals surface area (Å²) in [5.74, 6) is 0.0444. The summed E-state index contributed by atoms with van der Waals surface area (Å²) in [4.78, 5) is 32.5. The van der Waals surface area contributed by atoms with E-state index >= 15 is 0 Å². The van der Waals surface area contributed by atoms with Crippen molar-refractivity contribution in [1.82, 2.24) is 24.8 Å². The van der Waals surface area contributed by atoms with Crippen molar-refractivity contribution in [3.8, 4) is 17.0 Å². The number of piperazine rings is 1. The third-order valence-corrected chi connectivity index (χ3v) is 7.69. The molecule has 2 aliphatic rings. The van der Waals surface area contributed by atoms with Crippen LogP contribution in [0.5, 0.6) is 5.75 Å². The molecule has 0 radical (unpaired) electrons. The number of phenols is 1. The van der Waals surface area contributed by atoms with Gasteiger partial charge in [-0.1, -0.05) is 24.2 Å². The van der Waals surface area contributed by atoms with E-state index in [4.69, 9.17) is 16.6 Å². The van der Waals surface area contributed by atoms with E-state index in [1.807, 2.05) is 6.92 Å². The van der Waals surface area contributed by atoms with Crippen molar-refractivity contribution in [3.63, 3.8) is 0 Å². The number of nitrogens with zero attached hydrogens (tertiary/aromatic N) is 6. The van der Waals surface area contributed by atoms with Crippen LogP contribution in [0.25, 0.3) is 22.3 Å². The van der Waals surface area contributed by atoms with Gasteiger partial charge < -0.3 is 25.1 Å². The maximum absolute atomic E-state index is 14.7. The molecule has 1 amide bonds. The van der Waals surface area contributed by atoms with Gasteiger partial charge in [-0.05, 0) is 57.6 Å². The molecule has 2 atom stereocenters. The number of benzene rings is 1. The zero-order valence-corrected chi connectivity index (χ0v) is 22.2. The van der Waals surface area contributed by atoms with Crippen LogP contribution < -0.4 is 10.2 Å². The van der Waals surface area contributed by atoms with Crippen LogP contribution in [-0.2, 0) is 4.79 Å². The normalized spacial score (nSPS) is 20.2.